The topological polar surface area (TPSA) is 71.1 Å². The van der Waals surface area contributed by atoms with Crippen molar-refractivity contribution in [3.63, 3.8) is 0 Å². The van der Waals surface area contributed by atoms with Gasteiger partial charge in [0.15, 0.2) is 0 Å². The Labute approximate surface area is 169 Å². The summed E-state index contributed by atoms with van der Waals surface area (Å²) in [6.07, 6.45) is 7.61. The summed E-state index contributed by atoms with van der Waals surface area (Å²) >= 11 is 0. The van der Waals surface area contributed by atoms with Gasteiger partial charge < -0.3 is 24.6 Å². The summed E-state index contributed by atoms with van der Waals surface area (Å²) < 4.78 is 10.9. The fourth-order valence-corrected chi connectivity index (χ4v) is 4.84. The Morgan fingerprint density at radius 2 is 1.75 bits per heavy atom. The average molecular weight is 396 g/mol. The van der Waals surface area contributed by atoms with Crippen LogP contribution in [0.15, 0.2) is 0 Å². The fraction of sp³-hybridized carbons (Fsp3) is 0.905. The minimum absolute atomic E-state index is 0.0441. The Morgan fingerprint density at radius 1 is 1.04 bits per heavy atom. The molecule has 28 heavy (non-hydrogen) atoms. The van der Waals surface area contributed by atoms with E-state index < -0.39 is 5.60 Å². The first-order valence-electron chi connectivity index (χ1n) is 10.9. The van der Waals surface area contributed by atoms with E-state index in [1.54, 1.807) is 7.11 Å². The zero-order valence-corrected chi connectivity index (χ0v) is 17.8. The largest absolute Gasteiger partial charge is 0.450 e. The molecule has 0 aromatic rings. The molecule has 0 bridgehead atoms. The number of piperidine rings is 1. The molecule has 160 valence electrons. The molecule has 2 saturated heterocycles. The second kappa shape index (κ2) is 8.99. The molecule has 3 aliphatic rings. The third-order valence-corrected chi connectivity index (χ3v) is 7.02. The molecule has 0 aromatic carbocycles. The van der Waals surface area contributed by atoms with Crippen LogP contribution < -0.4 is 5.32 Å². The van der Waals surface area contributed by atoms with Gasteiger partial charge in [0.05, 0.1) is 6.61 Å². The molecular formula is C21H37N3O4. The number of hydrogen-bond donors (Lipinski definition) is 1. The standard InChI is InChI=1S/C21H37N3O4/c1-4-28-19(26)24-13-5-7-17(8-14-24)23-15-11-21(27-3,12-16-23)18(25)22-20(2)9-6-10-20/h17H,4-16H2,1-3H3,(H,22,25). The molecule has 7 nitrogen and oxygen atoms in total. The monoisotopic (exact) mass is 395 g/mol. The third kappa shape index (κ3) is 4.62. The Balaban J connectivity index is 1.52. The third-order valence-electron chi connectivity index (χ3n) is 7.02. The van der Waals surface area contributed by atoms with Crippen molar-refractivity contribution in [3.8, 4) is 0 Å². The summed E-state index contributed by atoms with van der Waals surface area (Å²) in [5.74, 6) is 0.0613. The average Bonchev–Trinajstić information content (AvgIpc) is 2.93. The lowest BCUT2D eigenvalue weighted by Crippen LogP contribution is -2.62. The van der Waals surface area contributed by atoms with Crippen LogP contribution in [-0.4, -0.2) is 78.9 Å². The van der Waals surface area contributed by atoms with Gasteiger partial charge in [0.25, 0.3) is 5.91 Å². The molecule has 1 N–H and O–H groups in total. The molecule has 1 unspecified atom stereocenters. The number of nitrogens with one attached hydrogen (secondary N) is 1. The van der Waals surface area contributed by atoms with E-state index in [-0.39, 0.29) is 17.5 Å². The van der Waals surface area contributed by atoms with Crippen LogP contribution in [0.3, 0.4) is 0 Å². The SMILES string of the molecule is CCOC(=O)N1CCCC(N2CCC(OC)(C(=O)NC3(C)CCC3)CC2)CC1. The summed E-state index contributed by atoms with van der Waals surface area (Å²) in [5.41, 5.74) is -0.742. The minimum Gasteiger partial charge on any atom is -0.450 e. The van der Waals surface area contributed by atoms with Crippen LogP contribution in [0.5, 0.6) is 0 Å². The molecule has 3 rings (SSSR count). The van der Waals surface area contributed by atoms with Crippen molar-refractivity contribution >= 4 is 12.0 Å². The highest BCUT2D eigenvalue weighted by Crippen LogP contribution is 2.34. The van der Waals surface area contributed by atoms with E-state index >= 15 is 0 Å². The number of amides is 2. The number of methoxy groups -OCH3 is 1. The molecule has 2 heterocycles. The number of nitrogens with zero attached hydrogens (tertiary/aromatic N) is 2. The van der Waals surface area contributed by atoms with Crippen LogP contribution >= 0.6 is 0 Å². The van der Waals surface area contributed by atoms with Gasteiger partial charge in [-0.25, -0.2) is 4.79 Å². The number of ether oxygens (including phenoxy) is 2. The number of likely N-dealkylation sites (tertiary alicyclic amines) is 2. The summed E-state index contributed by atoms with van der Waals surface area (Å²) in [6.45, 7) is 7.64. The zero-order chi connectivity index (χ0) is 20.2. The minimum atomic E-state index is -0.698. The van der Waals surface area contributed by atoms with Crippen LogP contribution in [0.4, 0.5) is 4.79 Å². The number of carbonyl (C=O) groups excluding carboxylic acids is 2. The van der Waals surface area contributed by atoms with Crippen LogP contribution in [0.2, 0.25) is 0 Å². The van der Waals surface area contributed by atoms with Crippen molar-refractivity contribution < 1.29 is 19.1 Å². The van der Waals surface area contributed by atoms with Gasteiger partial charge in [0, 0.05) is 44.9 Å². The lowest BCUT2D eigenvalue weighted by atomic mass is 9.77. The Kier molecular flexibility index (Phi) is 6.86. The maximum atomic E-state index is 13.0. The second-order valence-corrected chi connectivity index (χ2v) is 8.87. The first kappa shape index (κ1) is 21.4. The number of hydrogen-bond acceptors (Lipinski definition) is 5. The molecule has 1 atom stereocenters. The Hall–Kier alpha value is -1.34. The van der Waals surface area contributed by atoms with E-state index in [4.69, 9.17) is 9.47 Å². The van der Waals surface area contributed by atoms with Crippen molar-refractivity contribution in [1.29, 1.82) is 0 Å². The van der Waals surface area contributed by atoms with Crippen molar-refractivity contribution in [3.05, 3.63) is 0 Å². The van der Waals surface area contributed by atoms with Gasteiger partial charge in [-0.05, 0) is 65.2 Å². The fourth-order valence-electron chi connectivity index (χ4n) is 4.84. The Bertz CT molecular complexity index is 556. The van der Waals surface area contributed by atoms with Crippen LogP contribution in [0.1, 0.15) is 65.2 Å². The van der Waals surface area contributed by atoms with Crippen molar-refractivity contribution in [1.82, 2.24) is 15.1 Å². The van der Waals surface area contributed by atoms with Gasteiger partial charge in [-0.15, -0.1) is 0 Å². The molecular weight excluding hydrogens is 358 g/mol. The molecule has 0 aromatic heterocycles. The van der Waals surface area contributed by atoms with Crippen LogP contribution in [-0.2, 0) is 14.3 Å². The number of rotatable bonds is 5. The molecule has 2 amide bonds. The molecule has 1 aliphatic carbocycles. The Morgan fingerprint density at radius 3 is 2.32 bits per heavy atom. The highest BCUT2D eigenvalue weighted by Gasteiger charge is 2.46. The van der Waals surface area contributed by atoms with E-state index in [1.807, 2.05) is 11.8 Å². The van der Waals surface area contributed by atoms with Crippen LogP contribution in [0, 0.1) is 0 Å². The normalized spacial score (nSPS) is 27.4. The van der Waals surface area contributed by atoms with Crippen molar-refractivity contribution in [2.75, 3.05) is 39.9 Å². The van der Waals surface area contributed by atoms with Crippen molar-refractivity contribution in [2.24, 2.45) is 0 Å². The second-order valence-electron chi connectivity index (χ2n) is 8.87. The number of carbonyl (C=O) groups is 2. The maximum absolute atomic E-state index is 13.0. The van der Waals surface area contributed by atoms with E-state index in [2.05, 4.69) is 17.1 Å². The lowest BCUT2D eigenvalue weighted by molar-refractivity contribution is -0.153. The van der Waals surface area contributed by atoms with Gasteiger partial charge >= 0.3 is 6.09 Å². The van der Waals surface area contributed by atoms with Gasteiger partial charge in [-0.2, -0.15) is 0 Å². The van der Waals surface area contributed by atoms with Crippen LogP contribution in [0.25, 0.3) is 0 Å². The van der Waals surface area contributed by atoms with E-state index in [0.717, 1.165) is 71.1 Å². The van der Waals surface area contributed by atoms with Crippen molar-refractivity contribution in [2.45, 2.75) is 82.4 Å². The van der Waals surface area contributed by atoms with Gasteiger partial charge in [-0.1, -0.05) is 0 Å². The van der Waals surface area contributed by atoms with Gasteiger partial charge in [0.2, 0.25) is 0 Å². The maximum Gasteiger partial charge on any atom is 0.409 e. The highest BCUT2D eigenvalue weighted by atomic mass is 16.6. The first-order valence-corrected chi connectivity index (χ1v) is 10.9. The van der Waals surface area contributed by atoms with E-state index in [1.165, 1.54) is 6.42 Å². The summed E-state index contributed by atoms with van der Waals surface area (Å²) in [5, 5.41) is 3.25. The summed E-state index contributed by atoms with van der Waals surface area (Å²) in [6, 6.07) is 0.460. The lowest BCUT2D eigenvalue weighted by Gasteiger charge is -2.46. The van der Waals surface area contributed by atoms with Gasteiger partial charge in [0.1, 0.15) is 5.60 Å². The molecule has 7 heteroatoms. The molecule has 1 saturated carbocycles. The highest BCUT2D eigenvalue weighted by molar-refractivity contribution is 5.86. The first-order chi connectivity index (χ1) is 13.4. The zero-order valence-electron chi connectivity index (χ0n) is 17.8. The van der Waals surface area contributed by atoms with E-state index in [9.17, 15) is 9.59 Å². The predicted molar refractivity (Wildman–Crippen MR) is 107 cm³/mol. The van der Waals surface area contributed by atoms with E-state index in [0.29, 0.717) is 12.6 Å². The summed E-state index contributed by atoms with van der Waals surface area (Å²) in [7, 11) is 1.67. The molecule has 3 fully saturated rings. The predicted octanol–water partition coefficient (Wildman–Crippen LogP) is 2.54. The smallest absolute Gasteiger partial charge is 0.409 e. The quantitative estimate of drug-likeness (QED) is 0.775. The molecule has 2 aliphatic heterocycles. The van der Waals surface area contributed by atoms with Gasteiger partial charge in [-0.3, -0.25) is 4.79 Å². The summed E-state index contributed by atoms with van der Waals surface area (Å²) in [4.78, 5) is 29.3. The molecule has 0 radical (unpaired) electrons. The molecule has 0 spiro atoms.